The molecule has 4 rings (SSSR count). The van der Waals surface area contributed by atoms with Crippen LogP contribution in [0.5, 0.6) is 5.75 Å². The molecule has 0 aliphatic rings. The van der Waals surface area contributed by atoms with E-state index in [1.54, 1.807) is 29.2 Å². The summed E-state index contributed by atoms with van der Waals surface area (Å²) in [6.07, 6.45) is 0.193. The summed E-state index contributed by atoms with van der Waals surface area (Å²) < 4.78 is 6.79. The number of thiazole rings is 1. The van der Waals surface area contributed by atoms with Crippen molar-refractivity contribution in [1.29, 1.82) is 0 Å². The van der Waals surface area contributed by atoms with Crippen LogP contribution in [-0.2, 0) is 4.79 Å². The van der Waals surface area contributed by atoms with Gasteiger partial charge in [-0.1, -0.05) is 35.6 Å². The van der Waals surface area contributed by atoms with Crippen LogP contribution in [0.4, 0.5) is 10.8 Å². The van der Waals surface area contributed by atoms with Crippen molar-refractivity contribution >= 4 is 44.1 Å². The van der Waals surface area contributed by atoms with Crippen molar-refractivity contribution in [3.8, 4) is 5.75 Å². The Bertz CT molecular complexity index is 1200. The monoisotopic (exact) mass is 430 g/mol. The second-order valence-electron chi connectivity index (χ2n) is 7.21. The van der Waals surface area contributed by atoms with E-state index in [2.05, 4.69) is 4.98 Å². The quantitative estimate of drug-likeness (QED) is 0.340. The molecule has 4 aromatic rings. The SMILES string of the molecule is CC(=O)c1ccc(N(C(=O)CCOc2cccc(C)c2)c2nc3ccccc3s2)cc1. The number of Topliss-reactive ketones (excluding diaryl/α,β-unsaturated/α-hetero) is 1. The Hall–Kier alpha value is -3.51. The number of ether oxygens (including phenoxy) is 1. The van der Waals surface area contributed by atoms with Gasteiger partial charge in [0.2, 0.25) is 5.91 Å². The largest absolute Gasteiger partial charge is 0.493 e. The lowest BCUT2D eigenvalue weighted by atomic mass is 10.1. The number of anilines is 2. The molecule has 0 N–H and O–H groups in total. The molecule has 6 heteroatoms. The first kappa shape index (κ1) is 20.8. The Morgan fingerprint density at radius 3 is 2.48 bits per heavy atom. The summed E-state index contributed by atoms with van der Waals surface area (Å²) in [5.74, 6) is 0.600. The predicted molar refractivity (Wildman–Crippen MR) is 125 cm³/mol. The third-order valence-corrected chi connectivity index (χ3v) is 5.85. The number of benzene rings is 3. The number of carbonyl (C=O) groups is 2. The molecule has 31 heavy (non-hydrogen) atoms. The molecule has 0 aliphatic carbocycles. The summed E-state index contributed by atoms with van der Waals surface area (Å²) in [6, 6.07) is 22.6. The molecule has 0 unspecified atom stereocenters. The van der Waals surface area contributed by atoms with Crippen LogP contribution in [0.3, 0.4) is 0 Å². The van der Waals surface area contributed by atoms with Crippen molar-refractivity contribution < 1.29 is 14.3 Å². The fourth-order valence-corrected chi connectivity index (χ4v) is 4.24. The average molecular weight is 431 g/mol. The summed E-state index contributed by atoms with van der Waals surface area (Å²) >= 11 is 1.46. The van der Waals surface area contributed by atoms with E-state index >= 15 is 0 Å². The van der Waals surface area contributed by atoms with Crippen LogP contribution in [0, 0.1) is 6.92 Å². The van der Waals surface area contributed by atoms with Gasteiger partial charge in [0.25, 0.3) is 0 Å². The molecule has 0 atom stereocenters. The van der Waals surface area contributed by atoms with Gasteiger partial charge in [0.05, 0.1) is 28.9 Å². The average Bonchev–Trinajstić information content (AvgIpc) is 3.18. The lowest BCUT2D eigenvalue weighted by molar-refractivity contribution is -0.118. The first-order chi connectivity index (χ1) is 15.0. The molecular weight excluding hydrogens is 408 g/mol. The smallest absolute Gasteiger partial charge is 0.236 e. The standard InChI is InChI=1S/C25H22N2O3S/c1-17-6-5-7-21(16-17)30-15-14-24(29)27(20-12-10-19(11-13-20)18(2)28)25-26-22-8-3-4-9-23(22)31-25/h3-13,16H,14-15H2,1-2H3. The second-order valence-corrected chi connectivity index (χ2v) is 8.22. The van der Waals surface area contributed by atoms with Crippen molar-refractivity contribution in [2.45, 2.75) is 20.3 Å². The van der Waals surface area contributed by atoms with Gasteiger partial charge in [0, 0.05) is 5.56 Å². The Morgan fingerprint density at radius 2 is 1.77 bits per heavy atom. The van der Waals surface area contributed by atoms with Crippen molar-refractivity contribution in [3.63, 3.8) is 0 Å². The number of carbonyl (C=O) groups excluding carboxylic acids is 2. The highest BCUT2D eigenvalue weighted by Crippen LogP contribution is 2.34. The van der Waals surface area contributed by atoms with E-state index < -0.39 is 0 Å². The molecule has 0 bridgehead atoms. The minimum absolute atomic E-state index is 0.0176. The molecule has 0 spiro atoms. The first-order valence-corrected chi connectivity index (χ1v) is 10.8. The molecule has 156 valence electrons. The zero-order chi connectivity index (χ0) is 21.8. The number of amides is 1. The van der Waals surface area contributed by atoms with Gasteiger partial charge in [-0.3, -0.25) is 14.5 Å². The van der Waals surface area contributed by atoms with E-state index in [1.807, 2.05) is 55.5 Å². The van der Waals surface area contributed by atoms with E-state index in [0.717, 1.165) is 21.5 Å². The zero-order valence-electron chi connectivity index (χ0n) is 17.4. The summed E-state index contributed by atoms with van der Waals surface area (Å²) in [6.45, 7) is 3.78. The van der Waals surface area contributed by atoms with Gasteiger partial charge in [-0.05, 0) is 67.9 Å². The molecule has 0 aliphatic heterocycles. The highest BCUT2D eigenvalue weighted by molar-refractivity contribution is 7.22. The van der Waals surface area contributed by atoms with E-state index in [4.69, 9.17) is 4.74 Å². The molecule has 0 saturated carbocycles. The highest BCUT2D eigenvalue weighted by atomic mass is 32.1. The number of para-hydroxylation sites is 1. The maximum atomic E-state index is 13.2. The van der Waals surface area contributed by atoms with Crippen LogP contribution in [0.2, 0.25) is 0 Å². The number of nitrogens with zero attached hydrogens (tertiary/aromatic N) is 2. The Morgan fingerprint density at radius 1 is 1.00 bits per heavy atom. The number of aromatic nitrogens is 1. The molecular formula is C25H22N2O3S. The van der Waals surface area contributed by atoms with Crippen LogP contribution in [0.25, 0.3) is 10.2 Å². The summed E-state index contributed by atoms with van der Waals surface area (Å²) in [7, 11) is 0. The van der Waals surface area contributed by atoms with Crippen LogP contribution in [0.1, 0.15) is 29.3 Å². The fraction of sp³-hybridized carbons (Fsp3) is 0.160. The van der Waals surface area contributed by atoms with Gasteiger partial charge in [-0.15, -0.1) is 0 Å². The zero-order valence-corrected chi connectivity index (χ0v) is 18.2. The van der Waals surface area contributed by atoms with E-state index in [9.17, 15) is 9.59 Å². The van der Waals surface area contributed by atoms with Crippen LogP contribution < -0.4 is 9.64 Å². The molecule has 5 nitrogen and oxygen atoms in total. The normalized spacial score (nSPS) is 10.8. The predicted octanol–water partition coefficient (Wildman–Crippen LogP) is 5.94. The molecule has 0 fully saturated rings. The van der Waals surface area contributed by atoms with Crippen LogP contribution >= 0.6 is 11.3 Å². The van der Waals surface area contributed by atoms with Gasteiger partial charge < -0.3 is 4.74 Å². The van der Waals surface area contributed by atoms with Gasteiger partial charge in [-0.2, -0.15) is 0 Å². The molecule has 0 saturated heterocycles. The minimum Gasteiger partial charge on any atom is -0.493 e. The third-order valence-electron chi connectivity index (χ3n) is 4.83. The molecule has 1 aromatic heterocycles. The van der Waals surface area contributed by atoms with E-state index in [1.165, 1.54) is 18.3 Å². The summed E-state index contributed by atoms with van der Waals surface area (Å²) in [4.78, 5) is 31.2. The van der Waals surface area contributed by atoms with Gasteiger partial charge in [-0.25, -0.2) is 4.98 Å². The Balaban J connectivity index is 1.59. The molecule has 3 aromatic carbocycles. The number of rotatable bonds is 7. The van der Waals surface area contributed by atoms with Gasteiger partial charge >= 0.3 is 0 Å². The lowest BCUT2D eigenvalue weighted by Gasteiger charge is -2.20. The first-order valence-electron chi connectivity index (χ1n) is 10.0. The minimum atomic E-state index is -0.123. The second kappa shape index (κ2) is 9.10. The number of hydrogen-bond acceptors (Lipinski definition) is 5. The Labute approximate surface area is 184 Å². The lowest BCUT2D eigenvalue weighted by Crippen LogP contribution is -2.27. The molecule has 1 heterocycles. The van der Waals surface area contributed by atoms with Crippen molar-refractivity contribution in [3.05, 3.63) is 83.9 Å². The van der Waals surface area contributed by atoms with Gasteiger partial charge in [0.15, 0.2) is 10.9 Å². The third kappa shape index (κ3) is 4.81. The van der Waals surface area contributed by atoms with Crippen molar-refractivity contribution in [2.24, 2.45) is 0 Å². The van der Waals surface area contributed by atoms with Crippen molar-refractivity contribution in [2.75, 3.05) is 11.5 Å². The Kier molecular flexibility index (Phi) is 6.09. The number of fused-ring (bicyclic) bond motifs is 1. The molecule has 1 amide bonds. The van der Waals surface area contributed by atoms with Crippen molar-refractivity contribution in [1.82, 2.24) is 4.98 Å². The molecule has 0 radical (unpaired) electrons. The summed E-state index contributed by atoms with van der Waals surface area (Å²) in [5, 5.41) is 0.595. The van der Waals surface area contributed by atoms with Crippen LogP contribution in [0.15, 0.2) is 72.8 Å². The number of ketones is 1. The van der Waals surface area contributed by atoms with Crippen LogP contribution in [-0.4, -0.2) is 23.3 Å². The maximum Gasteiger partial charge on any atom is 0.236 e. The summed E-state index contributed by atoms with van der Waals surface area (Å²) in [5.41, 5.74) is 3.22. The van der Waals surface area contributed by atoms with Gasteiger partial charge in [0.1, 0.15) is 5.75 Å². The van der Waals surface area contributed by atoms with E-state index in [0.29, 0.717) is 16.4 Å². The number of aryl methyl sites for hydroxylation is 1. The number of hydrogen-bond donors (Lipinski definition) is 0. The fourth-order valence-electron chi connectivity index (χ4n) is 3.24. The van der Waals surface area contributed by atoms with E-state index in [-0.39, 0.29) is 24.7 Å². The topological polar surface area (TPSA) is 59.5 Å². The maximum absolute atomic E-state index is 13.2. The highest BCUT2D eigenvalue weighted by Gasteiger charge is 2.22.